The lowest BCUT2D eigenvalue weighted by Crippen LogP contribution is -2.53. The van der Waals surface area contributed by atoms with E-state index in [0.29, 0.717) is 67.5 Å². The second-order valence-corrected chi connectivity index (χ2v) is 18.6. The molecule has 1 heterocycles. The van der Waals surface area contributed by atoms with Crippen molar-refractivity contribution in [2.24, 2.45) is 11.3 Å². The highest BCUT2D eigenvalue weighted by Crippen LogP contribution is 2.26. The number of halogens is 1. The molecule has 0 unspecified atom stereocenters. The van der Waals surface area contributed by atoms with E-state index in [4.69, 9.17) is 25.8 Å². The number of esters is 1. The maximum Gasteiger partial charge on any atom is 0.410 e. The summed E-state index contributed by atoms with van der Waals surface area (Å²) < 4.78 is 15.7. The van der Waals surface area contributed by atoms with Gasteiger partial charge < -0.3 is 45.7 Å². The molecular formula is C51H68ClN7O10. The molecule has 1 aliphatic rings. The van der Waals surface area contributed by atoms with E-state index in [2.05, 4.69) is 62.7 Å². The molecule has 374 valence electrons. The standard InChI is InChI=1S/C51H68ClN7O10/c1-34(2)26-43(48(64)68-7)57-49(65)51(4,5)32-54-47(63)42(28-38-16-21-44(67-6)41(52)27-38)56-45(61)11-9-8-10-35(3)39-17-12-36(13-18-39)30-58-22-24-59(25-23-58)50(66)69-31-37-14-19-40(20-15-37)55-46(62)29-53-33-60/h9,11-21,27,33-35,42-43H,8,10,22-26,28-32H2,1-7H3,(H,53,60)(H,54,63)(H,55,62)(H,56,61)(H,57,65)/b11-9+/t35-,42+,43-/m0/s1. The molecule has 3 atom stereocenters. The SMILES string of the molecule is COC(=O)[C@H](CC(C)C)NC(=O)C(C)(C)CNC(=O)[C@@H](Cc1ccc(OC)c(Cl)c1)NC(=O)/C=C/CC[C@H](C)c1ccc(CN2CCN(C(=O)OCc3ccc(NC(=O)CNC=O)cc3)CC2)cc1. The summed E-state index contributed by atoms with van der Waals surface area (Å²) in [6.45, 7) is 12.5. The highest BCUT2D eigenvalue weighted by Gasteiger charge is 2.34. The summed E-state index contributed by atoms with van der Waals surface area (Å²) in [4.78, 5) is 91.6. The van der Waals surface area contributed by atoms with Gasteiger partial charge in [0.1, 0.15) is 24.4 Å². The summed E-state index contributed by atoms with van der Waals surface area (Å²) in [6.07, 6.45) is 5.21. The average molecular weight is 975 g/mol. The van der Waals surface area contributed by atoms with Gasteiger partial charge in [-0.15, -0.1) is 0 Å². The number of benzene rings is 3. The van der Waals surface area contributed by atoms with Crippen molar-refractivity contribution in [3.05, 3.63) is 106 Å². The van der Waals surface area contributed by atoms with E-state index in [1.165, 1.54) is 25.9 Å². The Morgan fingerprint density at radius 1 is 0.841 bits per heavy atom. The summed E-state index contributed by atoms with van der Waals surface area (Å²) in [5, 5.41) is 13.7. The first-order valence-electron chi connectivity index (χ1n) is 23.2. The molecule has 0 aromatic heterocycles. The lowest BCUT2D eigenvalue weighted by Gasteiger charge is -2.34. The van der Waals surface area contributed by atoms with Crippen LogP contribution in [0.1, 0.15) is 82.1 Å². The Bertz CT molecular complexity index is 2230. The third-order valence-corrected chi connectivity index (χ3v) is 12.0. The number of hydrogen-bond donors (Lipinski definition) is 5. The van der Waals surface area contributed by atoms with E-state index in [1.54, 1.807) is 67.3 Å². The molecule has 18 heteroatoms. The van der Waals surface area contributed by atoms with Gasteiger partial charge in [0.2, 0.25) is 30.0 Å². The van der Waals surface area contributed by atoms with E-state index < -0.39 is 41.2 Å². The third kappa shape index (κ3) is 18.5. The molecule has 1 fully saturated rings. The Kier molecular flexibility index (Phi) is 22.0. The molecule has 0 aliphatic carbocycles. The van der Waals surface area contributed by atoms with Gasteiger partial charge in [0.05, 0.1) is 31.2 Å². The van der Waals surface area contributed by atoms with Crippen molar-refractivity contribution < 1.29 is 47.8 Å². The zero-order chi connectivity index (χ0) is 50.5. The highest BCUT2D eigenvalue weighted by molar-refractivity contribution is 6.32. The van der Waals surface area contributed by atoms with Crippen LogP contribution in [0.2, 0.25) is 5.02 Å². The molecule has 69 heavy (non-hydrogen) atoms. The van der Waals surface area contributed by atoms with E-state index in [-0.39, 0.29) is 50.0 Å². The fourth-order valence-electron chi connectivity index (χ4n) is 7.46. The minimum absolute atomic E-state index is 0.0667. The van der Waals surface area contributed by atoms with Crippen molar-refractivity contribution in [2.75, 3.05) is 58.8 Å². The minimum Gasteiger partial charge on any atom is -0.495 e. The topological polar surface area (TPSA) is 214 Å². The molecule has 4 rings (SSSR count). The number of methoxy groups -OCH3 is 2. The summed E-state index contributed by atoms with van der Waals surface area (Å²) >= 11 is 6.38. The Labute approximate surface area is 410 Å². The van der Waals surface area contributed by atoms with Crippen LogP contribution in [-0.2, 0) is 57.8 Å². The summed E-state index contributed by atoms with van der Waals surface area (Å²) in [5.74, 6) is -1.47. The van der Waals surface area contributed by atoms with Crippen LogP contribution in [0.25, 0.3) is 0 Å². The van der Waals surface area contributed by atoms with Gasteiger partial charge in [0.15, 0.2) is 0 Å². The zero-order valence-corrected chi connectivity index (χ0v) is 41.5. The number of ether oxygens (including phenoxy) is 3. The molecule has 0 bridgehead atoms. The summed E-state index contributed by atoms with van der Waals surface area (Å²) in [7, 11) is 2.77. The van der Waals surface area contributed by atoms with Crippen LogP contribution < -0.4 is 31.3 Å². The lowest BCUT2D eigenvalue weighted by atomic mass is 9.91. The number of rotatable bonds is 25. The van der Waals surface area contributed by atoms with Gasteiger partial charge in [-0.05, 0) is 97.5 Å². The molecule has 0 saturated carbocycles. The van der Waals surface area contributed by atoms with Crippen LogP contribution in [0.5, 0.6) is 5.75 Å². The lowest BCUT2D eigenvalue weighted by molar-refractivity contribution is -0.147. The quantitative estimate of drug-likeness (QED) is 0.0406. The van der Waals surface area contributed by atoms with Crippen molar-refractivity contribution in [1.29, 1.82) is 0 Å². The average Bonchev–Trinajstić information content (AvgIpc) is 3.33. The molecule has 17 nitrogen and oxygen atoms in total. The van der Waals surface area contributed by atoms with E-state index in [0.717, 1.165) is 24.1 Å². The molecule has 1 aliphatic heterocycles. The smallest absolute Gasteiger partial charge is 0.410 e. The number of hydrogen-bond acceptors (Lipinski definition) is 11. The van der Waals surface area contributed by atoms with Crippen LogP contribution in [0.3, 0.4) is 0 Å². The molecule has 3 aromatic carbocycles. The summed E-state index contributed by atoms with van der Waals surface area (Å²) in [5.41, 5.74) is 3.26. The van der Waals surface area contributed by atoms with Crippen molar-refractivity contribution in [1.82, 2.24) is 31.1 Å². The molecule has 0 radical (unpaired) electrons. The maximum absolute atomic E-state index is 13.7. The Balaban J connectivity index is 1.23. The molecule has 5 N–H and O–H groups in total. The van der Waals surface area contributed by atoms with Crippen LogP contribution >= 0.6 is 11.6 Å². The van der Waals surface area contributed by atoms with E-state index >= 15 is 0 Å². The highest BCUT2D eigenvalue weighted by atomic mass is 35.5. The predicted octanol–water partition coefficient (Wildman–Crippen LogP) is 5.50. The number of amides is 6. The third-order valence-electron chi connectivity index (χ3n) is 11.7. The van der Waals surface area contributed by atoms with Crippen molar-refractivity contribution >= 4 is 59.4 Å². The van der Waals surface area contributed by atoms with Gasteiger partial charge in [-0.1, -0.05) is 80.9 Å². The molecule has 6 amide bonds. The minimum atomic E-state index is -1.11. The van der Waals surface area contributed by atoms with Crippen molar-refractivity contribution in [3.8, 4) is 5.75 Å². The second-order valence-electron chi connectivity index (χ2n) is 18.2. The first kappa shape index (κ1) is 55.1. The normalized spacial score (nSPS) is 14.2. The van der Waals surface area contributed by atoms with Crippen LogP contribution in [-0.4, -0.2) is 117 Å². The Morgan fingerprint density at radius 2 is 1.51 bits per heavy atom. The van der Waals surface area contributed by atoms with Crippen LogP contribution in [0, 0.1) is 11.3 Å². The number of piperazine rings is 1. The Hall–Kier alpha value is -6.46. The number of carbonyl (C=O) groups is 7. The van der Waals surface area contributed by atoms with Crippen LogP contribution in [0.15, 0.2) is 78.9 Å². The number of carbonyl (C=O) groups excluding carboxylic acids is 7. The largest absolute Gasteiger partial charge is 0.495 e. The predicted molar refractivity (Wildman–Crippen MR) is 263 cm³/mol. The number of nitrogens with zero attached hydrogens (tertiary/aromatic N) is 2. The maximum atomic E-state index is 13.7. The van der Waals surface area contributed by atoms with Gasteiger partial charge in [0, 0.05) is 51.4 Å². The first-order valence-corrected chi connectivity index (χ1v) is 23.5. The fraction of sp³-hybridized carbons (Fsp3) is 0.471. The number of allylic oxidation sites excluding steroid dienone is 1. The van der Waals surface area contributed by atoms with Gasteiger partial charge in [0.25, 0.3) is 0 Å². The van der Waals surface area contributed by atoms with Crippen molar-refractivity contribution in [2.45, 2.75) is 91.5 Å². The molecule has 1 saturated heterocycles. The molecule has 0 spiro atoms. The van der Waals surface area contributed by atoms with Crippen molar-refractivity contribution in [3.63, 3.8) is 0 Å². The fourth-order valence-corrected chi connectivity index (χ4v) is 7.74. The molecular weight excluding hydrogens is 906 g/mol. The number of anilines is 1. The number of nitrogens with one attached hydrogen (secondary N) is 5. The van der Waals surface area contributed by atoms with Gasteiger partial charge in [-0.2, -0.15) is 0 Å². The summed E-state index contributed by atoms with van der Waals surface area (Å²) in [6, 6.07) is 18.7. The van der Waals surface area contributed by atoms with E-state index in [9.17, 15) is 33.6 Å². The van der Waals surface area contributed by atoms with Gasteiger partial charge >= 0.3 is 12.1 Å². The van der Waals surface area contributed by atoms with E-state index in [1.807, 2.05) is 13.8 Å². The first-order chi connectivity index (χ1) is 32.9. The molecule has 3 aromatic rings. The van der Waals surface area contributed by atoms with Gasteiger partial charge in [-0.3, -0.25) is 28.9 Å². The van der Waals surface area contributed by atoms with Crippen LogP contribution in [0.4, 0.5) is 10.5 Å². The van der Waals surface area contributed by atoms with Gasteiger partial charge in [-0.25, -0.2) is 9.59 Å². The monoisotopic (exact) mass is 973 g/mol. The second kappa shape index (κ2) is 27.5. The zero-order valence-electron chi connectivity index (χ0n) is 40.7. The Morgan fingerprint density at radius 3 is 2.13 bits per heavy atom.